The summed E-state index contributed by atoms with van der Waals surface area (Å²) >= 11 is 0. The van der Waals surface area contributed by atoms with Crippen LogP contribution in [-0.2, 0) is 0 Å². The van der Waals surface area contributed by atoms with Gasteiger partial charge in [0.2, 0.25) is 0 Å². The lowest BCUT2D eigenvalue weighted by molar-refractivity contribution is 0.0953. The number of nitrogens with zero attached hydrogens (tertiary/aromatic N) is 1. The molecule has 0 aliphatic rings. The second-order valence-electron chi connectivity index (χ2n) is 6.08. The molecule has 0 saturated carbocycles. The summed E-state index contributed by atoms with van der Waals surface area (Å²) in [6.45, 7) is 2.54. The van der Waals surface area contributed by atoms with Gasteiger partial charge < -0.3 is 15.4 Å². The van der Waals surface area contributed by atoms with Crippen LogP contribution in [0.25, 0.3) is 0 Å². The zero-order valence-corrected chi connectivity index (χ0v) is 15.5. The molecule has 2 aromatic carbocycles. The highest BCUT2D eigenvalue weighted by Crippen LogP contribution is 2.29. The van der Waals surface area contributed by atoms with Gasteiger partial charge >= 0.3 is 0 Å². The third kappa shape index (κ3) is 4.94. The molecule has 0 fully saturated rings. The fraction of sp³-hybridized carbons (Fsp3) is 0.136. The molecule has 2 amide bonds. The molecular formula is C22H21N3O3. The number of anilines is 1. The molecule has 1 aromatic heterocycles. The van der Waals surface area contributed by atoms with Gasteiger partial charge in [-0.05, 0) is 36.8 Å². The van der Waals surface area contributed by atoms with E-state index in [9.17, 15) is 9.59 Å². The molecule has 0 aliphatic carbocycles. The van der Waals surface area contributed by atoms with Crippen molar-refractivity contribution < 1.29 is 14.3 Å². The maximum atomic E-state index is 12.7. The Kier molecular flexibility index (Phi) is 6.36. The molecule has 0 spiro atoms. The Morgan fingerprint density at radius 2 is 1.61 bits per heavy atom. The van der Waals surface area contributed by atoms with E-state index >= 15 is 0 Å². The zero-order chi connectivity index (χ0) is 19.8. The van der Waals surface area contributed by atoms with Crippen molar-refractivity contribution >= 4 is 17.5 Å². The monoisotopic (exact) mass is 375 g/mol. The fourth-order valence-corrected chi connectivity index (χ4v) is 2.50. The standard InChI is InChI=1S/C22H21N3O3/c1-2-12-24-21(26)16-13-17(15-23-14-16)22(27)25-19-10-6-7-11-20(19)28-18-8-4-3-5-9-18/h3-11,13-15H,2,12H2,1H3,(H,24,26)(H,25,27). The number of hydrogen-bond donors (Lipinski definition) is 2. The highest BCUT2D eigenvalue weighted by Gasteiger charge is 2.13. The van der Waals surface area contributed by atoms with E-state index in [-0.39, 0.29) is 11.8 Å². The minimum absolute atomic E-state index is 0.253. The highest BCUT2D eigenvalue weighted by atomic mass is 16.5. The normalized spacial score (nSPS) is 10.2. The minimum Gasteiger partial charge on any atom is -0.455 e. The van der Waals surface area contributed by atoms with Gasteiger partial charge in [-0.3, -0.25) is 14.6 Å². The average molecular weight is 375 g/mol. The summed E-state index contributed by atoms with van der Waals surface area (Å²) in [5.74, 6) is 0.561. The summed E-state index contributed by atoms with van der Waals surface area (Å²) < 4.78 is 5.86. The lowest BCUT2D eigenvalue weighted by atomic mass is 10.1. The molecule has 0 saturated heterocycles. The van der Waals surface area contributed by atoms with Gasteiger partial charge in [-0.1, -0.05) is 37.3 Å². The minimum atomic E-state index is -0.373. The van der Waals surface area contributed by atoms with Gasteiger partial charge in [0.15, 0.2) is 5.75 Å². The van der Waals surface area contributed by atoms with Gasteiger partial charge in [-0.25, -0.2) is 0 Å². The van der Waals surface area contributed by atoms with Crippen molar-refractivity contribution in [1.82, 2.24) is 10.3 Å². The first-order valence-corrected chi connectivity index (χ1v) is 9.04. The van der Waals surface area contributed by atoms with Crippen LogP contribution in [0, 0.1) is 0 Å². The lowest BCUT2D eigenvalue weighted by Crippen LogP contribution is -2.24. The van der Waals surface area contributed by atoms with Crippen LogP contribution in [0.2, 0.25) is 0 Å². The second kappa shape index (κ2) is 9.32. The predicted octanol–water partition coefficient (Wildman–Crippen LogP) is 4.27. The molecule has 0 aliphatic heterocycles. The van der Waals surface area contributed by atoms with Crippen molar-refractivity contribution in [2.75, 3.05) is 11.9 Å². The van der Waals surface area contributed by atoms with Gasteiger partial charge in [-0.2, -0.15) is 0 Å². The number of aromatic nitrogens is 1. The van der Waals surface area contributed by atoms with Gasteiger partial charge in [-0.15, -0.1) is 0 Å². The summed E-state index contributed by atoms with van der Waals surface area (Å²) in [7, 11) is 0. The van der Waals surface area contributed by atoms with E-state index < -0.39 is 0 Å². The molecule has 1 heterocycles. The van der Waals surface area contributed by atoms with Gasteiger partial charge in [0, 0.05) is 18.9 Å². The van der Waals surface area contributed by atoms with E-state index in [4.69, 9.17) is 4.74 Å². The molecule has 0 atom stereocenters. The number of ether oxygens (including phenoxy) is 1. The molecule has 3 rings (SSSR count). The summed E-state index contributed by atoms with van der Waals surface area (Å²) in [6, 6.07) is 18.0. The second-order valence-corrected chi connectivity index (χ2v) is 6.08. The summed E-state index contributed by atoms with van der Waals surface area (Å²) in [5.41, 5.74) is 1.16. The number of rotatable bonds is 7. The number of nitrogens with one attached hydrogen (secondary N) is 2. The number of pyridine rings is 1. The van der Waals surface area contributed by atoms with Crippen molar-refractivity contribution in [2.24, 2.45) is 0 Å². The molecular weight excluding hydrogens is 354 g/mol. The van der Waals surface area contributed by atoms with Crippen LogP contribution >= 0.6 is 0 Å². The number of benzene rings is 2. The van der Waals surface area contributed by atoms with E-state index in [2.05, 4.69) is 15.6 Å². The average Bonchev–Trinajstić information content (AvgIpc) is 2.74. The number of amides is 2. The largest absolute Gasteiger partial charge is 0.455 e. The number of carbonyl (C=O) groups is 2. The highest BCUT2D eigenvalue weighted by molar-refractivity contribution is 6.06. The van der Waals surface area contributed by atoms with Crippen molar-refractivity contribution in [1.29, 1.82) is 0 Å². The quantitative estimate of drug-likeness (QED) is 0.646. The Balaban J connectivity index is 1.76. The zero-order valence-electron chi connectivity index (χ0n) is 15.5. The Morgan fingerprint density at radius 1 is 0.929 bits per heavy atom. The Morgan fingerprint density at radius 3 is 2.36 bits per heavy atom. The van der Waals surface area contributed by atoms with Gasteiger partial charge in [0.1, 0.15) is 5.75 Å². The molecule has 2 N–H and O–H groups in total. The number of hydrogen-bond acceptors (Lipinski definition) is 4. The maximum Gasteiger partial charge on any atom is 0.257 e. The Hall–Kier alpha value is -3.67. The van der Waals surface area contributed by atoms with Crippen molar-refractivity contribution in [3.63, 3.8) is 0 Å². The third-order valence-corrected chi connectivity index (χ3v) is 3.90. The first-order chi connectivity index (χ1) is 13.7. The van der Waals surface area contributed by atoms with Gasteiger partial charge in [0.25, 0.3) is 11.8 Å². The van der Waals surface area contributed by atoms with E-state index in [1.807, 2.05) is 43.3 Å². The fourth-order valence-electron chi connectivity index (χ4n) is 2.50. The SMILES string of the molecule is CCCNC(=O)c1cncc(C(=O)Nc2ccccc2Oc2ccccc2)c1. The van der Waals surface area contributed by atoms with Crippen LogP contribution < -0.4 is 15.4 Å². The maximum absolute atomic E-state index is 12.7. The van der Waals surface area contributed by atoms with Crippen LogP contribution in [0.5, 0.6) is 11.5 Å². The third-order valence-electron chi connectivity index (χ3n) is 3.90. The summed E-state index contributed by atoms with van der Waals surface area (Å²) in [4.78, 5) is 28.8. The van der Waals surface area contributed by atoms with Crippen LogP contribution in [-0.4, -0.2) is 23.3 Å². The van der Waals surface area contributed by atoms with Crippen molar-refractivity contribution in [3.8, 4) is 11.5 Å². The van der Waals surface area contributed by atoms with E-state index in [1.54, 1.807) is 18.2 Å². The summed E-state index contributed by atoms with van der Waals surface area (Å²) in [5, 5.41) is 5.59. The van der Waals surface area contributed by atoms with Crippen LogP contribution in [0.15, 0.2) is 73.1 Å². The number of para-hydroxylation sites is 3. The van der Waals surface area contributed by atoms with Crippen LogP contribution in [0.3, 0.4) is 0 Å². The molecule has 6 heteroatoms. The smallest absolute Gasteiger partial charge is 0.257 e. The molecule has 142 valence electrons. The first-order valence-electron chi connectivity index (χ1n) is 9.04. The van der Waals surface area contributed by atoms with E-state index in [0.29, 0.717) is 34.9 Å². The first kappa shape index (κ1) is 19.1. The Bertz CT molecular complexity index is 958. The van der Waals surface area contributed by atoms with Crippen molar-refractivity contribution in [3.05, 3.63) is 84.2 Å². The van der Waals surface area contributed by atoms with Crippen LogP contribution in [0.4, 0.5) is 5.69 Å². The molecule has 28 heavy (non-hydrogen) atoms. The van der Waals surface area contributed by atoms with Crippen LogP contribution in [0.1, 0.15) is 34.1 Å². The number of carbonyl (C=O) groups excluding carboxylic acids is 2. The molecule has 0 bridgehead atoms. The lowest BCUT2D eigenvalue weighted by Gasteiger charge is -2.12. The van der Waals surface area contributed by atoms with Gasteiger partial charge in [0.05, 0.1) is 16.8 Å². The van der Waals surface area contributed by atoms with E-state index in [1.165, 1.54) is 18.5 Å². The van der Waals surface area contributed by atoms with E-state index in [0.717, 1.165) is 6.42 Å². The molecule has 0 radical (unpaired) electrons. The topological polar surface area (TPSA) is 80.3 Å². The summed E-state index contributed by atoms with van der Waals surface area (Å²) in [6.07, 6.45) is 3.69. The molecule has 3 aromatic rings. The van der Waals surface area contributed by atoms with Crippen molar-refractivity contribution in [2.45, 2.75) is 13.3 Å². The Labute approximate surface area is 163 Å². The molecule has 0 unspecified atom stereocenters. The predicted molar refractivity (Wildman–Crippen MR) is 108 cm³/mol. The molecule has 6 nitrogen and oxygen atoms in total.